The van der Waals surface area contributed by atoms with Crippen LogP contribution in [0.3, 0.4) is 0 Å². The largest absolute Gasteiger partial charge is 0.496 e. The minimum Gasteiger partial charge on any atom is -0.496 e. The van der Waals surface area contributed by atoms with Crippen LogP contribution in [-0.4, -0.2) is 27.9 Å². The highest BCUT2D eigenvalue weighted by Gasteiger charge is 2.10. The molecular weight excluding hydrogens is 206 g/mol. The maximum Gasteiger partial charge on any atom is 0.164 e. The number of ether oxygens (including phenoxy) is 3. The summed E-state index contributed by atoms with van der Waals surface area (Å²) in [6.07, 6.45) is 1.80. The van der Waals surface area contributed by atoms with Crippen molar-refractivity contribution in [2.45, 2.75) is 12.8 Å². The highest BCUT2D eigenvalue weighted by atomic mass is 16.5. The van der Waals surface area contributed by atoms with Crippen molar-refractivity contribution in [3.8, 4) is 17.2 Å². The average molecular weight is 225 g/mol. The number of hydrogen-bond donors (Lipinski definition) is 1. The van der Waals surface area contributed by atoms with Gasteiger partial charge in [0.15, 0.2) is 11.5 Å². The van der Waals surface area contributed by atoms with E-state index in [0.29, 0.717) is 12.3 Å². The molecule has 0 spiro atoms. The molecule has 4 heteroatoms. The summed E-state index contributed by atoms with van der Waals surface area (Å²) in [7, 11) is 4.88. The van der Waals surface area contributed by atoms with E-state index in [0.717, 1.165) is 29.9 Å². The van der Waals surface area contributed by atoms with E-state index in [-0.39, 0.29) is 0 Å². The van der Waals surface area contributed by atoms with Crippen LogP contribution in [0.15, 0.2) is 12.1 Å². The normalized spacial score (nSPS) is 10.0. The summed E-state index contributed by atoms with van der Waals surface area (Å²) in [6.45, 7) is 0.664. The van der Waals surface area contributed by atoms with Gasteiger partial charge in [-0.3, -0.25) is 0 Å². The fourth-order valence-corrected chi connectivity index (χ4v) is 1.58. The quantitative estimate of drug-likeness (QED) is 0.799. The van der Waals surface area contributed by atoms with Crippen molar-refractivity contribution in [1.82, 2.24) is 0 Å². The van der Waals surface area contributed by atoms with E-state index >= 15 is 0 Å². The van der Waals surface area contributed by atoms with E-state index in [1.807, 2.05) is 12.1 Å². The van der Waals surface area contributed by atoms with Gasteiger partial charge in [-0.2, -0.15) is 0 Å². The molecule has 0 heterocycles. The molecule has 0 aromatic heterocycles. The summed E-state index contributed by atoms with van der Waals surface area (Å²) in [5.74, 6) is 2.21. The molecule has 1 aromatic rings. The van der Waals surface area contributed by atoms with E-state index in [1.165, 1.54) is 0 Å². The van der Waals surface area contributed by atoms with Crippen LogP contribution in [0.1, 0.15) is 12.0 Å². The maximum atomic E-state index is 5.50. The van der Waals surface area contributed by atoms with Gasteiger partial charge in [0.25, 0.3) is 0 Å². The molecule has 0 radical (unpaired) electrons. The molecule has 0 bridgehead atoms. The Balaban J connectivity index is 3.05. The standard InChI is InChI=1S/C12H19NO3/c1-14-10-8-12(16-3)11(15-2)7-9(10)5-4-6-13/h7-8H,4-6,13H2,1-3H3. The Labute approximate surface area is 96.3 Å². The van der Waals surface area contributed by atoms with Gasteiger partial charge < -0.3 is 19.9 Å². The molecule has 2 N–H and O–H groups in total. The Morgan fingerprint density at radius 1 is 0.938 bits per heavy atom. The molecule has 0 amide bonds. The summed E-state index contributed by atoms with van der Waals surface area (Å²) in [4.78, 5) is 0. The van der Waals surface area contributed by atoms with Crippen LogP contribution >= 0.6 is 0 Å². The lowest BCUT2D eigenvalue weighted by molar-refractivity contribution is 0.347. The number of aryl methyl sites for hydroxylation is 1. The van der Waals surface area contributed by atoms with Crippen molar-refractivity contribution in [3.05, 3.63) is 17.7 Å². The Hall–Kier alpha value is -1.42. The summed E-state index contributed by atoms with van der Waals surface area (Å²) in [5.41, 5.74) is 6.59. The molecule has 0 atom stereocenters. The second-order valence-electron chi connectivity index (χ2n) is 3.41. The summed E-state index contributed by atoms with van der Waals surface area (Å²) < 4.78 is 15.8. The third-order valence-electron chi connectivity index (χ3n) is 2.44. The van der Waals surface area contributed by atoms with Gasteiger partial charge in [-0.1, -0.05) is 0 Å². The lowest BCUT2D eigenvalue weighted by Crippen LogP contribution is -2.02. The number of nitrogens with two attached hydrogens (primary N) is 1. The van der Waals surface area contributed by atoms with Crippen molar-refractivity contribution in [2.24, 2.45) is 5.73 Å². The van der Waals surface area contributed by atoms with E-state index in [2.05, 4.69) is 0 Å². The minimum absolute atomic E-state index is 0.664. The second-order valence-corrected chi connectivity index (χ2v) is 3.41. The first-order valence-electron chi connectivity index (χ1n) is 5.25. The summed E-state index contributed by atoms with van der Waals surface area (Å²) in [6, 6.07) is 3.78. The van der Waals surface area contributed by atoms with Gasteiger partial charge >= 0.3 is 0 Å². The van der Waals surface area contributed by atoms with Crippen molar-refractivity contribution in [1.29, 1.82) is 0 Å². The molecule has 0 fully saturated rings. The van der Waals surface area contributed by atoms with Gasteiger partial charge in [-0.25, -0.2) is 0 Å². The fraction of sp³-hybridized carbons (Fsp3) is 0.500. The molecule has 1 aromatic carbocycles. The zero-order valence-corrected chi connectivity index (χ0v) is 10.1. The molecule has 0 aliphatic carbocycles. The number of rotatable bonds is 6. The molecule has 0 saturated heterocycles. The molecule has 16 heavy (non-hydrogen) atoms. The molecule has 0 saturated carbocycles. The second kappa shape index (κ2) is 6.23. The van der Waals surface area contributed by atoms with Crippen LogP contribution in [0.5, 0.6) is 17.2 Å². The van der Waals surface area contributed by atoms with Gasteiger partial charge in [0.05, 0.1) is 21.3 Å². The lowest BCUT2D eigenvalue weighted by atomic mass is 10.1. The molecule has 4 nitrogen and oxygen atoms in total. The Morgan fingerprint density at radius 3 is 2.00 bits per heavy atom. The first-order chi connectivity index (χ1) is 7.76. The predicted octanol–water partition coefficient (Wildman–Crippen LogP) is 1.60. The van der Waals surface area contributed by atoms with Crippen LogP contribution in [0.2, 0.25) is 0 Å². The van der Waals surface area contributed by atoms with Crippen molar-refractivity contribution >= 4 is 0 Å². The average Bonchev–Trinajstić information content (AvgIpc) is 2.35. The van der Waals surface area contributed by atoms with Crippen LogP contribution in [0, 0.1) is 0 Å². The van der Waals surface area contributed by atoms with E-state index < -0.39 is 0 Å². The van der Waals surface area contributed by atoms with Crippen LogP contribution in [-0.2, 0) is 6.42 Å². The Bertz CT molecular complexity index is 339. The molecule has 0 aliphatic heterocycles. The minimum atomic E-state index is 0.664. The first-order valence-corrected chi connectivity index (χ1v) is 5.25. The van der Waals surface area contributed by atoms with Gasteiger partial charge in [0.2, 0.25) is 0 Å². The van der Waals surface area contributed by atoms with E-state index in [1.54, 1.807) is 21.3 Å². The predicted molar refractivity (Wildman–Crippen MR) is 63.5 cm³/mol. The smallest absolute Gasteiger partial charge is 0.164 e. The molecule has 0 unspecified atom stereocenters. The lowest BCUT2D eigenvalue weighted by Gasteiger charge is -2.13. The van der Waals surface area contributed by atoms with E-state index in [9.17, 15) is 0 Å². The summed E-state index contributed by atoms with van der Waals surface area (Å²) >= 11 is 0. The SMILES string of the molecule is COc1cc(OC)c(OC)cc1CCCN. The highest BCUT2D eigenvalue weighted by molar-refractivity contribution is 5.50. The molecular formula is C12H19NO3. The van der Waals surface area contributed by atoms with Crippen molar-refractivity contribution < 1.29 is 14.2 Å². The van der Waals surface area contributed by atoms with Gasteiger partial charge in [-0.05, 0) is 31.0 Å². The zero-order valence-electron chi connectivity index (χ0n) is 10.1. The van der Waals surface area contributed by atoms with Gasteiger partial charge in [0.1, 0.15) is 5.75 Å². The zero-order chi connectivity index (χ0) is 12.0. The van der Waals surface area contributed by atoms with E-state index in [4.69, 9.17) is 19.9 Å². The molecule has 1 rings (SSSR count). The number of benzene rings is 1. The fourth-order valence-electron chi connectivity index (χ4n) is 1.58. The maximum absolute atomic E-state index is 5.50. The van der Waals surface area contributed by atoms with Crippen molar-refractivity contribution in [2.75, 3.05) is 27.9 Å². The number of hydrogen-bond acceptors (Lipinski definition) is 4. The summed E-state index contributed by atoms with van der Waals surface area (Å²) in [5, 5.41) is 0. The molecule has 0 aliphatic rings. The monoisotopic (exact) mass is 225 g/mol. The van der Waals surface area contributed by atoms with Crippen LogP contribution in [0.4, 0.5) is 0 Å². The third kappa shape index (κ3) is 2.79. The topological polar surface area (TPSA) is 53.7 Å². The highest BCUT2D eigenvalue weighted by Crippen LogP contribution is 2.34. The Kier molecular flexibility index (Phi) is 4.92. The molecule has 90 valence electrons. The first kappa shape index (κ1) is 12.6. The van der Waals surface area contributed by atoms with Crippen molar-refractivity contribution in [3.63, 3.8) is 0 Å². The Morgan fingerprint density at radius 2 is 1.50 bits per heavy atom. The van der Waals surface area contributed by atoms with Crippen LogP contribution in [0.25, 0.3) is 0 Å². The third-order valence-corrected chi connectivity index (χ3v) is 2.44. The van der Waals surface area contributed by atoms with Crippen LogP contribution < -0.4 is 19.9 Å². The van der Waals surface area contributed by atoms with Gasteiger partial charge in [0, 0.05) is 6.07 Å². The number of methoxy groups -OCH3 is 3. The van der Waals surface area contributed by atoms with Gasteiger partial charge in [-0.15, -0.1) is 0 Å².